The second-order valence-corrected chi connectivity index (χ2v) is 13.5. The summed E-state index contributed by atoms with van der Waals surface area (Å²) in [5.41, 5.74) is -2.05. The number of alkyl halides is 5. The fourth-order valence-corrected chi connectivity index (χ4v) is 6.52. The smallest absolute Gasteiger partial charge is 0.344 e. The van der Waals surface area contributed by atoms with Gasteiger partial charge in [0.25, 0.3) is 11.8 Å². The van der Waals surface area contributed by atoms with Crippen LogP contribution in [0.2, 0.25) is 0 Å². The highest BCUT2D eigenvalue weighted by Gasteiger charge is 2.39. The Morgan fingerprint density at radius 1 is 1.11 bits per heavy atom. The third-order valence-electron chi connectivity index (χ3n) is 9.18. The number of benzene rings is 1. The van der Waals surface area contributed by atoms with E-state index in [1.807, 2.05) is 0 Å². The molecule has 0 bridgehead atoms. The molecule has 12 nitrogen and oxygen atoms in total. The Labute approximate surface area is 296 Å². The Kier molecular flexibility index (Phi) is 8.86. The van der Waals surface area contributed by atoms with E-state index in [2.05, 4.69) is 30.9 Å². The van der Waals surface area contributed by atoms with Gasteiger partial charge >= 0.3 is 12.7 Å². The van der Waals surface area contributed by atoms with Gasteiger partial charge < -0.3 is 15.5 Å². The van der Waals surface area contributed by atoms with Gasteiger partial charge in [0.2, 0.25) is 0 Å². The van der Waals surface area contributed by atoms with Gasteiger partial charge in [-0.15, -0.1) is 0 Å². The third-order valence-corrected chi connectivity index (χ3v) is 9.18. The molecule has 278 valence electrons. The molecular weight excluding hydrogens is 713 g/mol. The number of rotatable bonds is 9. The Morgan fingerprint density at radius 3 is 2.53 bits per heavy atom. The first kappa shape index (κ1) is 35.8. The lowest BCUT2D eigenvalue weighted by Crippen LogP contribution is -2.51. The minimum absolute atomic E-state index is 0.00245. The van der Waals surface area contributed by atoms with Crippen molar-refractivity contribution in [3.05, 3.63) is 88.3 Å². The number of fused-ring (bicyclic) bond motifs is 2. The first-order valence-corrected chi connectivity index (χ1v) is 16.4. The summed E-state index contributed by atoms with van der Waals surface area (Å²) in [6, 6.07) is 4.08. The summed E-state index contributed by atoms with van der Waals surface area (Å²) in [6.07, 6.45) is 0.314. The summed E-state index contributed by atoms with van der Waals surface area (Å²) >= 11 is 0. The molecule has 6 heterocycles. The molecule has 0 spiro atoms. The van der Waals surface area contributed by atoms with Crippen molar-refractivity contribution in [2.24, 2.45) is 7.05 Å². The molecule has 53 heavy (non-hydrogen) atoms. The number of nitrogens with zero attached hydrogens (tertiary/aromatic N) is 8. The number of aryl methyl sites for hydroxylation is 1. The predicted molar refractivity (Wildman–Crippen MR) is 175 cm³/mol. The van der Waals surface area contributed by atoms with Gasteiger partial charge in [-0.25, -0.2) is 18.4 Å². The quantitative estimate of drug-likeness (QED) is 0.153. The number of hydrogen-bond donors (Lipinski definition) is 2. The molecule has 5 aromatic rings. The molecule has 0 aliphatic carbocycles. The molecule has 7 rings (SSSR count). The molecule has 2 amide bonds. The van der Waals surface area contributed by atoms with Gasteiger partial charge in [0.1, 0.15) is 22.7 Å². The summed E-state index contributed by atoms with van der Waals surface area (Å²) < 4.78 is 102. The number of hydrogen-bond acceptors (Lipinski definition) is 7. The van der Waals surface area contributed by atoms with E-state index in [-0.39, 0.29) is 59.3 Å². The number of pyridine rings is 1. The van der Waals surface area contributed by atoms with Crippen LogP contribution in [0.25, 0.3) is 28.4 Å². The first-order chi connectivity index (χ1) is 25.0. The van der Waals surface area contributed by atoms with Crippen molar-refractivity contribution < 1.29 is 40.3 Å². The van der Waals surface area contributed by atoms with Crippen LogP contribution in [0, 0.1) is 11.6 Å². The second kappa shape index (κ2) is 13.1. The summed E-state index contributed by atoms with van der Waals surface area (Å²) in [4.78, 5) is 33.6. The van der Waals surface area contributed by atoms with Gasteiger partial charge in [-0.3, -0.25) is 19.0 Å². The van der Waals surface area contributed by atoms with E-state index in [4.69, 9.17) is 0 Å². The lowest BCUT2D eigenvalue weighted by molar-refractivity contribution is -0.141. The van der Waals surface area contributed by atoms with E-state index in [0.717, 1.165) is 40.2 Å². The van der Waals surface area contributed by atoms with Crippen LogP contribution in [0.15, 0.2) is 48.6 Å². The number of carbonyl (C=O) groups is 2. The minimum Gasteiger partial charge on any atom is -0.344 e. The molecule has 2 aliphatic heterocycles. The van der Waals surface area contributed by atoms with Gasteiger partial charge in [0.05, 0.1) is 47.3 Å². The summed E-state index contributed by atoms with van der Waals surface area (Å²) in [5, 5.41) is 17.2. The van der Waals surface area contributed by atoms with Crippen LogP contribution in [-0.4, -0.2) is 69.7 Å². The van der Waals surface area contributed by atoms with Crippen molar-refractivity contribution >= 4 is 28.9 Å². The predicted octanol–water partition coefficient (Wildman–Crippen LogP) is 5.39. The molecule has 4 aromatic heterocycles. The van der Waals surface area contributed by atoms with E-state index >= 15 is 8.78 Å². The number of nitrogens with one attached hydrogen (secondary N) is 2. The van der Waals surface area contributed by atoms with E-state index in [0.29, 0.717) is 28.7 Å². The van der Waals surface area contributed by atoms with Crippen LogP contribution in [-0.2, 0) is 31.0 Å². The van der Waals surface area contributed by atoms with Crippen LogP contribution in [0.1, 0.15) is 65.7 Å². The molecular formula is C34H31F7N10O2. The molecule has 1 fully saturated rings. The Balaban J connectivity index is 1.24. The van der Waals surface area contributed by atoms with E-state index < -0.39 is 53.0 Å². The van der Waals surface area contributed by atoms with Crippen molar-refractivity contribution in [2.75, 3.05) is 13.1 Å². The maximum atomic E-state index is 15.6. The van der Waals surface area contributed by atoms with E-state index in [1.165, 1.54) is 36.9 Å². The van der Waals surface area contributed by atoms with Gasteiger partial charge in [-0.2, -0.15) is 37.2 Å². The largest absolute Gasteiger partial charge is 0.435 e. The lowest BCUT2D eigenvalue weighted by atomic mass is 9.91. The van der Waals surface area contributed by atoms with Crippen molar-refractivity contribution in [2.45, 2.75) is 57.5 Å². The lowest BCUT2D eigenvalue weighted by Gasteiger charge is -2.34. The van der Waals surface area contributed by atoms with E-state index in [9.17, 15) is 31.5 Å². The zero-order chi connectivity index (χ0) is 38.0. The zero-order valence-corrected chi connectivity index (χ0v) is 28.3. The number of halogens is 7. The maximum absolute atomic E-state index is 15.6. The van der Waals surface area contributed by atoms with Crippen LogP contribution >= 0.6 is 0 Å². The molecule has 1 aromatic carbocycles. The molecule has 1 saturated heterocycles. The monoisotopic (exact) mass is 744 g/mol. The molecule has 0 radical (unpaired) electrons. The van der Waals surface area contributed by atoms with Crippen molar-refractivity contribution in [3.8, 4) is 11.3 Å². The average molecular weight is 745 g/mol. The molecule has 1 atom stereocenters. The highest BCUT2D eigenvalue weighted by molar-refractivity contribution is 6.07. The molecule has 0 unspecified atom stereocenters. The Hall–Kier alpha value is -5.59. The Morgan fingerprint density at radius 2 is 1.87 bits per heavy atom. The van der Waals surface area contributed by atoms with Crippen LogP contribution in [0.3, 0.4) is 0 Å². The van der Waals surface area contributed by atoms with E-state index in [1.54, 1.807) is 7.05 Å². The molecule has 0 saturated carbocycles. The average Bonchev–Trinajstić information content (AvgIpc) is 3.78. The standard InChI is InChI=1S/C34H31F7N10O2/c1-33(2,16-51-25(22-6-8-42-22)12-27(47-51)34(39,40)41)46-30(52)26(10-17-13-44-50(15-17)32(37)38)49-9-7-18-19(4-5-20(35)28(18)31(49)53)29-21(36)11-24-23(45-29)14-43-48(24)3/h4-5,10-15,22,32,42H,6-9,16H2,1-3H3,(H,46,52)/t22-/m1/s1. The normalized spacial score (nSPS) is 16.7. The van der Waals surface area contributed by atoms with Crippen molar-refractivity contribution in [1.82, 2.24) is 49.9 Å². The Bertz CT molecular complexity index is 2280. The molecule has 19 heteroatoms. The van der Waals surface area contributed by atoms with Crippen LogP contribution in [0.4, 0.5) is 30.7 Å². The topological polar surface area (TPSA) is 128 Å². The number of carbonyl (C=O) groups excluding carboxylic acids is 2. The zero-order valence-electron chi connectivity index (χ0n) is 28.3. The van der Waals surface area contributed by atoms with Gasteiger partial charge in [0.15, 0.2) is 11.5 Å². The second-order valence-electron chi connectivity index (χ2n) is 13.5. The highest BCUT2D eigenvalue weighted by Crippen LogP contribution is 2.36. The van der Waals surface area contributed by atoms with Gasteiger partial charge in [0, 0.05) is 37.0 Å². The maximum Gasteiger partial charge on any atom is 0.435 e. The third kappa shape index (κ3) is 6.75. The molecule has 2 aliphatic rings. The summed E-state index contributed by atoms with van der Waals surface area (Å²) in [7, 11) is 1.61. The molecule has 2 N–H and O–H groups in total. The number of aromatic nitrogens is 7. The van der Waals surface area contributed by atoms with Gasteiger partial charge in [-0.05, 0) is 63.1 Å². The summed E-state index contributed by atoms with van der Waals surface area (Å²) in [6.45, 7) is 0.197. The number of amides is 2. The highest BCUT2D eigenvalue weighted by atomic mass is 19.4. The van der Waals surface area contributed by atoms with Gasteiger partial charge in [-0.1, -0.05) is 0 Å². The van der Waals surface area contributed by atoms with Crippen molar-refractivity contribution in [1.29, 1.82) is 0 Å². The minimum atomic E-state index is -4.72. The first-order valence-electron chi connectivity index (χ1n) is 16.4. The van der Waals surface area contributed by atoms with Crippen LogP contribution in [0.5, 0.6) is 0 Å². The SMILES string of the molecule is Cn1ncc2nc(-c3ccc(F)c4c3CCN(C(=Cc3cnn(C(F)F)c3)C(=O)NC(C)(C)Cn3nc(C(F)(F)F)cc3[C@H]3CCN3)C4=O)c(F)cc21. The van der Waals surface area contributed by atoms with Crippen LogP contribution < -0.4 is 10.6 Å². The fraction of sp³-hybridized carbons (Fsp3) is 0.353. The fourth-order valence-electron chi connectivity index (χ4n) is 6.52. The van der Waals surface area contributed by atoms with Crippen molar-refractivity contribution in [3.63, 3.8) is 0 Å². The summed E-state index contributed by atoms with van der Waals surface area (Å²) in [5.74, 6) is -3.59.